The molecule has 0 aromatic heterocycles. The van der Waals surface area contributed by atoms with E-state index in [9.17, 15) is 18.0 Å². The van der Waals surface area contributed by atoms with Gasteiger partial charge in [0.25, 0.3) is 5.91 Å². The van der Waals surface area contributed by atoms with Crippen molar-refractivity contribution >= 4 is 27.6 Å². The number of hydrogen-bond acceptors (Lipinski definition) is 4. The summed E-state index contributed by atoms with van der Waals surface area (Å²) in [6.07, 6.45) is 0.921. The van der Waals surface area contributed by atoms with Gasteiger partial charge in [-0.15, -0.1) is 0 Å². The van der Waals surface area contributed by atoms with E-state index in [0.29, 0.717) is 17.8 Å². The average Bonchev–Trinajstić information content (AvgIpc) is 2.37. The molecule has 0 aliphatic carbocycles. The molecule has 0 spiro atoms. The number of amides is 1. The Morgan fingerprint density at radius 2 is 1.81 bits per heavy atom. The number of aliphatic carboxylic acids is 1. The minimum atomic E-state index is -3.36. The summed E-state index contributed by atoms with van der Waals surface area (Å²) in [5, 5.41) is 8.65. The van der Waals surface area contributed by atoms with Crippen LogP contribution in [0, 0.1) is 0 Å². The van der Waals surface area contributed by atoms with E-state index < -0.39 is 16.0 Å². The first-order valence-corrected chi connectivity index (χ1v) is 8.21. The standard InChI is InChI=1S/C13H18N2O5S/c1-3-15(9-8-12(16)17)13(18)10-4-6-11(7-5-10)14-21(2,19)20/h4-7,14H,3,8-9H2,1-2H3,(H,16,17). The van der Waals surface area contributed by atoms with Gasteiger partial charge in [-0.1, -0.05) is 0 Å². The molecule has 0 atom stereocenters. The monoisotopic (exact) mass is 314 g/mol. The van der Waals surface area contributed by atoms with Crippen LogP contribution in [0.5, 0.6) is 0 Å². The molecule has 7 nitrogen and oxygen atoms in total. The van der Waals surface area contributed by atoms with Crippen molar-refractivity contribution in [3.05, 3.63) is 29.8 Å². The highest BCUT2D eigenvalue weighted by molar-refractivity contribution is 7.92. The van der Waals surface area contributed by atoms with Crippen molar-refractivity contribution in [2.75, 3.05) is 24.1 Å². The molecule has 0 heterocycles. The maximum absolute atomic E-state index is 12.2. The first-order valence-electron chi connectivity index (χ1n) is 6.32. The highest BCUT2D eigenvalue weighted by Gasteiger charge is 2.15. The first kappa shape index (κ1) is 17.0. The van der Waals surface area contributed by atoms with Crippen LogP contribution in [0.1, 0.15) is 23.7 Å². The van der Waals surface area contributed by atoms with Crippen LogP contribution in [0.15, 0.2) is 24.3 Å². The summed E-state index contributed by atoms with van der Waals surface area (Å²) < 4.78 is 24.5. The number of benzene rings is 1. The normalized spacial score (nSPS) is 11.0. The van der Waals surface area contributed by atoms with Gasteiger partial charge in [0.2, 0.25) is 10.0 Å². The smallest absolute Gasteiger partial charge is 0.305 e. The Kier molecular flexibility index (Phi) is 5.71. The summed E-state index contributed by atoms with van der Waals surface area (Å²) in [7, 11) is -3.36. The molecule has 0 unspecified atom stereocenters. The molecular weight excluding hydrogens is 296 g/mol. The molecule has 1 amide bonds. The Balaban J connectivity index is 2.79. The summed E-state index contributed by atoms with van der Waals surface area (Å²) in [6, 6.07) is 5.97. The van der Waals surface area contributed by atoms with Crippen LogP contribution in [0.3, 0.4) is 0 Å². The van der Waals surface area contributed by atoms with E-state index in [1.165, 1.54) is 29.2 Å². The number of carbonyl (C=O) groups is 2. The SMILES string of the molecule is CCN(CCC(=O)O)C(=O)c1ccc(NS(C)(=O)=O)cc1. The average molecular weight is 314 g/mol. The number of carboxylic acids is 1. The fourth-order valence-corrected chi connectivity index (χ4v) is 2.28. The number of carboxylic acid groups (broad SMARTS) is 1. The summed E-state index contributed by atoms with van der Waals surface area (Å²) >= 11 is 0. The van der Waals surface area contributed by atoms with Gasteiger partial charge in [-0.25, -0.2) is 8.42 Å². The number of hydrogen-bond donors (Lipinski definition) is 2. The van der Waals surface area contributed by atoms with Crippen molar-refractivity contribution in [1.29, 1.82) is 0 Å². The van der Waals surface area contributed by atoms with E-state index in [1.54, 1.807) is 6.92 Å². The molecule has 2 N–H and O–H groups in total. The van der Waals surface area contributed by atoms with Crippen LogP contribution in [0.4, 0.5) is 5.69 Å². The quantitative estimate of drug-likeness (QED) is 0.781. The van der Waals surface area contributed by atoms with Crippen LogP contribution in [-0.4, -0.2) is 49.6 Å². The molecule has 1 aromatic rings. The highest BCUT2D eigenvalue weighted by atomic mass is 32.2. The molecule has 116 valence electrons. The lowest BCUT2D eigenvalue weighted by Crippen LogP contribution is -2.32. The Morgan fingerprint density at radius 3 is 2.24 bits per heavy atom. The van der Waals surface area contributed by atoms with E-state index in [-0.39, 0.29) is 18.9 Å². The molecule has 0 saturated heterocycles. The van der Waals surface area contributed by atoms with Gasteiger partial charge < -0.3 is 10.0 Å². The minimum Gasteiger partial charge on any atom is -0.481 e. The lowest BCUT2D eigenvalue weighted by atomic mass is 10.2. The van der Waals surface area contributed by atoms with E-state index in [0.717, 1.165) is 6.26 Å². The molecule has 21 heavy (non-hydrogen) atoms. The molecule has 0 aliphatic heterocycles. The molecule has 0 saturated carbocycles. The van der Waals surface area contributed by atoms with Crippen LogP contribution < -0.4 is 4.72 Å². The molecule has 0 radical (unpaired) electrons. The summed E-state index contributed by atoms with van der Waals surface area (Å²) in [4.78, 5) is 24.2. The van der Waals surface area contributed by atoms with Crippen LogP contribution >= 0.6 is 0 Å². The van der Waals surface area contributed by atoms with E-state index in [1.807, 2.05) is 0 Å². The largest absolute Gasteiger partial charge is 0.481 e. The Labute approximate surface area is 123 Å². The zero-order valence-corrected chi connectivity index (χ0v) is 12.7. The van der Waals surface area contributed by atoms with Crippen molar-refractivity contribution in [2.45, 2.75) is 13.3 Å². The predicted octanol–water partition coefficient (Wildman–Crippen LogP) is 0.995. The van der Waals surface area contributed by atoms with Gasteiger partial charge in [0.05, 0.1) is 12.7 Å². The zero-order chi connectivity index (χ0) is 16.0. The predicted molar refractivity (Wildman–Crippen MR) is 78.7 cm³/mol. The number of nitrogens with zero attached hydrogens (tertiary/aromatic N) is 1. The molecule has 8 heteroatoms. The van der Waals surface area contributed by atoms with Crippen molar-refractivity contribution in [1.82, 2.24) is 4.90 Å². The van der Waals surface area contributed by atoms with Gasteiger partial charge in [-0.05, 0) is 31.2 Å². The number of sulfonamides is 1. The molecule has 1 aromatic carbocycles. The fraction of sp³-hybridized carbons (Fsp3) is 0.385. The fourth-order valence-electron chi connectivity index (χ4n) is 1.71. The van der Waals surface area contributed by atoms with Crippen LogP contribution in [-0.2, 0) is 14.8 Å². The van der Waals surface area contributed by atoms with E-state index in [4.69, 9.17) is 5.11 Å². The van der Waals surface area contributed by atoms with Crippen molar-refractivity contribution in [3.8, 4) is 0 Å². The second-order valence-electron chi connectivity index (χ2n) is 4.48. The van der Waals surface area contributed by atoms with E-state index >= 15 is 0 Å². The van der Waals surface area contributed by atoms with E-state index in [2.05, 4.69) is 4.72 Å². The third-order valence-electron chi connectivity index (χ3n) is 2.70. The maximum atomic E-state index is 12.2. The minimum absolute atomic E-state index is 0.118. The maximum Gasteiger partial charge on any atom is 0.305 e. The lowest BCUT2D eigenvalue weighted by molar-refractivity contribution is -0.137. The first-order chi connectivity index (χ1) is 9.73. The summed E-state index contributed by atoms with van der Waals surface area (Å²) in [6.45, 7) is 2.29. The highest BCUT2D eigenvalue weighted by Crippen LogP contribution is 2.13. The zero-order valence-electron chi connectivity index (χ0n) is 11.9. The second-order valence-corrected chi connectivity index (χ2v) is 6.23. The molecule has 0 bridgehead atoms. The van der Waals surface area contributed by atoms with Gasteiger partial charge in [-0.3, -0.25) is 14.3 Å². The van der Waals surface area contributed by atoms with Crippen LogP contribution in [0.25, 0.3) is 0 Å². The lowest BCUT2D eigenvalue weighted by Gasteiger charge is -2.20. The molecule has 0 fully saturated rings. The van der Waals surface area contributed by atoms with Crippen molar-refractivity contribution < 1.29 is 23.1 Å². The number of anilines is 1. The topological polar surface area (TPSA) is 104 Å². The molecule has 1 rings (SSSR count). The van der Waals surface area contributed by atoms with Crippen molar-refractivity contribution in [3.63, 3.8) is 0 Å². The third-order valence-corrected chi connectivity index (χ3v) is 3.31. The summed E-state index contributed by atoms with van der Waals surface area (Å²) in [5.74, 6) is -1.25. The second kappa shape index (κ2) is 7.07. The number of nitrogens with one attached hydrogen (secondary N) is 1. The third kappa shape index (κ3) is 5.82. The Bertz CT molecular complexity index is 610. The van der Waals surface area contributed by atoms with Gasteiger partial charge in [-0.2, -0.15) is 0 Å². The van der Waals surface area contributed by atoms with Gasteiger partial charge in [0, 0.05) is 24.3 Å². The van der Waals surface area contributed by atoms with Gasteiger partial charge >= 0.3 is 5.97 Å². The summed E-state index contributed by atoms with van der Waals surface area (Å²) in [5.41, 5.74) is 0.740. The Hall–Kier alpha value is -2.09. The number of carbonyl (C=O) groups excluding carboxylic acids is 1. The number of rotatable bonds is 7. The van der Waals surface area contributed by atoms with Gasteiger partial charge in [0.15, 0.2) is 0 Å². The van der Waals surface area contributed by atoms with Gasteiger partial charge in [0.1, 0.15) is 0 Å². The van der Waals surface area contributed by atoms with Crippen LogP contribution in [0.2, 0.25) is 0 Å². The Morgan fingerprint density at radius 1 is 1.24 bits per heavy atom. The van der Waals surface area contributed by atoms with Crippen molar-refractivity contribution in [2.24, 2.45) is 0 Å². The molecule has 0 aliphatic rings. The molecular formula is C13H18N2O5S.